The highest BCUT2D eigenvalue weighted by Crippen LogP contribution is 2.28. The van der Waals surface area contributed by atoms with Crippen LogP contribution in [0.5, 0.6) is 0 Å². The van der Waals surface area contributed by atoms with Crippen molar-refractivity contribution in [3.8, 4) is 0 Å². The van der Waals surface area contributed by atoms with E-state index in [0.29, 0.717) is 12.0 Å². The Bertz CT molecular complexity index is 333. The fraction of sp³-hybridized carbons (Fsp3) is 0.500. The maximum atomic E-state index is 13.1. The Balaban J connectivity index is 2.10. The third-order valence-electron chi connectivity index (χ3n) is 3.14. The molecule has 1 aliphatic carbocycles. The summed E-state index contributed by atoms with van der Waals surface area (Å²) in [4.78, 5) is 0. The lowest BCUT2D eigenvalue weighted by Crippen LogP contribution is -2.25. The Morgan fingerprint density at radius 2 is 2.13 bits per heavy atom. The molecule has 2 N–H and O–H groups in total. The van der Waals surface area contributed by atoms with E-state index in [1.54, 1.807) is 6.07 Å². The Morgan fingerprint density at radius 3 is 2.73 bits per heavy atom. The highest BCUT2D eigenvalue weighted by molar-refractivity contribution is 9.10. The number of nitrogens with two attached hydrogens (primary N) is 1. The van der Waals surface area contributed by atoms with Crippen LogP contribution in [0.3, 0.4) is 0 Å². The Labute approximate surface area is 98.0 Å². The van der Waals surface area contributed by atoms with Gasteiger partial charge in [-0.15, -0.1) is 0 Å². The van der Waals surface area contributed by atoms with Crippen LogP contribution in [0.2, 0.25) is 0 Å². The van der Waals surface area contributed by atoms with Gasteiger partial charge in [0.1, 0.15) is 5.82 Å². The summed E-state index contributed by atoms with van der Waals surface area (Å²) < 4.78 is 13.9. The highest BCUT2D eigenvalue weighted by Gasteiger charge is 2.23. The first-order valence-corrected chi connectivity index (χ1v) is 6.15. The van der Waals surface area contributed by atoms with Gasteiger partial charge in [0, 0.05) is 10.5 Å². The van der Waals surface area contributed by atoms with Crippen molar-refractivity contribution in [3.63, 3.8) is 0 Å². The van der Waals surface area contributed by atoms with Crippen molar-refractivity contribution in [1.82, 2.24) is 0 Å². The van der Waals surface area contributed by atoms with E-state index in [1.165, 1.54) is 18.9 Å². The van der Waals surface area contributed by atoms with E-state index in [-0.39, 0.29) is 5.82 Å². The van der Waals surface area contributed by atoms with Gasteiger partial charge in [-0.05, 0) is 48.9 Å². The predicted molar refractivity (Wildman–Crippen MR) is 63.1 cm³/mol. The van der Waals surface area contributed by atoms with Gasteiger partial charge in [0.15, 0.2) is 0 Å². The average molecular weight is 272 g/mol. The summed E-state index contributed by atoms with van der Waals surface area (Å²) in [6, 6.07) is 5.37. The summed E-state index contributed by atoms with van der Waals surface area (Å²) in [5.41, 5.74) is 7.04. The standard InChI is InChI=1S/C12H15BrFN/c13-10-5-8(6-11(14)7-10)4-9-2-1-3-12(9)15/h5-7,9,12H,1-4,15H2. The summed E-state index contributed by atoms with van der Waals surface area (Å²) in [5.74, 6) is 0.352. The second kappa shape index (κ2) is 4.62. The normalized spacial score (nSPS) is 25.8. The van der Waals surface area contributed by atoms with Crippen molar-refractivity contribution in [3.05, 3.63) is 34.1 Å². The molecule has 2 unspecified atom stereocenters. The van der Waals surface area contributed by atoms with Crippen LogP contribution in [0, 0.1) is 11.7 Å². The SMILES string of the molecule is NC1CCCC1Cc1cc(F)cc(Br)c1. The first-order valence-electron chi connectivity index (χ1n) is 5.35. The van der Waals surface area contributed by atoms with Gasteiger partial charge in [0.05, 0.1) is 0 Å². The van der Waals surface area contributed by atoms with Gasteiger partial charge in [0.25, 0.3) is 0 Å². The molecule has 3 heteroatoms. The molecule has 1 saturated carbocycles. The van der Waals surface area contributed by atoms with E-state index in [2.05, 4.69) is 15.9 Å². The third kappa shape index (κ3) is 2.79. The lowest BCUT2D eigenvalue weighted by atomic mass is 9.95. The molecule has 15 heavy (non-hydrogen) atoms. The van der Waals surface area contributed by atoms with Crippen molar-refractivity contribution in [1.29, 1.82) is 0 Å². The molecular formula is C12H15BrFN. The zero-order valence-electron chi connectivity index (χ0n) is 8.55. The minimum atomic E-state index is -0.175. The van der Waals surface area contributed by atoms with Crippen molar-refractivity contribution in [2.45, 2.75) is 31.7 Å². The number of halogens is 2. The zero-order valence-corrected chi connectivity index (χ0v) is 10.1. The van der Waals surface area contributed by atoms with E-state index in [4.69, 9.17) is 5.73 Å². The van der Waals surface area contributed by atoms with Crippen LogP contribution in [0.15, 0.2) is 22.7 Å². The van der Waals surface area contributed by atoms with Gasteiger partial charge >= 0.3 is 0 Å². The molecule has 0 bridgehead atoms. The van der Waals surface area contributed by atoms with Crippen molar-refractivity contribution < 1.29 is 4.39 Å². The van der Waals surface area contributed by atoms with Crippen LogP contribution in [0.25, 0.3) is 0 Å². The summed E-state index contributed by atoms with van der Waals surface area (Å²) in [7, 11) is 0. The summed E-state index contributed by atoms with van der Waals surface area (Å²) >= 11 is 3.31. The number of rotatable bonds is 2. The van der Waals surface area contributed by atoms with Crippen LogP contribution in [0.1, 0.15) is 24.8 Å². The van der Waals surface area contributed by atoms with E-state index in [1.807, 2.05) is 6.07 Å². The average Bonchev–Trinajstić information content (AvgIpc) is 2.50. The molecule has 1 nitrogen and oxygen atoms in total. The van der Waals surface area contributed by atoms with Gasteiger partial charge in [0.2, 0.25) is 0 Å². The fourth-order valence-electron chi connectivity index (χ4n) is 2.35. The molecule has 0 aliphatic heterocycles. The predicted octanol–water partition coefficient (Wildman–Crippen LogP) is 3.26. The molecular weight excluding hydrogens is 257 g/mol. The number of hydrogen-bond acceptors (Lipinski definition) is 1. The maximum Gasteiger partial charge on any atom is 0.124 e. The molecule has 2 atom stereocenters. The van der Waals surface area contributed by atoms with Crippen LogP contribution in [0.4, 0.5) is 4.39 Å². The number of benzene rings is 1. The summed E-state index contributed by atoms with van der Waals surface area (Å²) in [5, 5.41) is 0. The van der Waals surface area contributed by atoms with E-state index < -0.39 is 0 Å². The van der Waals surface area contributed by atoms with E-state index in [9.17, 15) is 4.39 Å². The Kier molecular flexibility index (Phi) is 3.42. The van der Waals surface area contributed by atoms with Crippen molar-refractivity contribution in [2.24, 2.45) is 11.7 Å². The summed E-state index contributed by atoms with van der Waals surface area (Å²) in [6.07, 6.45) is 4.40. The fourth-order valence-corrected chi connectivity index (χ4v) is 2.86. The van der Waals surface area contributed by atoms with Crippen molar-refractivity contribution >= 4 is 15.9 Å². The molecule has 0 radical (unpaired) electrons. The van der Waals surface area contributed by atoms with Crippen LogP contribution >= 0.6 is 15.9 Å². The summed E-state index contributed by atoms with van der Waals surface area (Å²) in [6.45, 7) is 0. The first-order chi connectivity index (χ1) is 7.15. The molecule has 1 fully saturated rings. The molecule has 82 valence electrons. The molecule has 1 aromatic carbocycles. The van der Waals surface area contributed by atoms with E-state index >= 15 is 0 Å². The minimum Gasteiger partial charge on any atom is -0.327 e. The van der Waals surface area contributed by atoms with Crippen LogP contribution in [-0.2, 0) is 6.42 Å². The Morgan fingerprint density at radius 1 is 1.33 bits per heavy atom. The molecule has 0 spiro atoms. The Hall–Kier alpha value is -0.410. The molecule has 0 amide bonds. The van der Waals surface area contributed by atoms with Gasteiger partial charge in [-0.25, -0.2) is 4.39 Å². The topological polar surface area (TPSA) is 26.0 Å². The van der Waals surface area contributed by atoms with Gasteiger partial charge in [-0.1, -0.05) is 22.4 Å². The molecule has 1 aromatic rings. The van der Waals surface area contributed by atoms with Crippen LogP contribution < -0.4 is 5.73 Å². The van der Waals surface area contributed by atoms with Crippen LogP contribution in [-0.4, -0.2) is 6.04 Å². The molecule has 2 rings (SSSR count). The van der Waals surface area contributed by atoms with Gasteiger partial charge < -0.3 is 5.73 Å². The van der Waals surface area contributed by atoms with Gasteiger partial charge in [-0.3, -0.25) is 0 Å². The second-order valence-corrected chi connectivity index (χ2v) is 5.25. The number of hydrogen-bond donors (Lipinski definition) is 1. The monoisotopic (exact) mass is 271 g/mol. The zero-order chi connectivity index (χ0) is 10.8. The second-order valence-electron chi connectivity index (χ2n) is 4.34. The third-order valence-corrected chi connectivity index (χ3v) is 3.60. The lowest BCUT2D eigenvalue weighted by Gasteiger charge is -2.15. The first kappa shape index (κ1) is 11.1. The van der Waals surface area contributed by atoms with Crippen molar-refractivity contribution in [2.75, 3.05) is 0 Å². The highest BCUT2D eigenvalue weighted by atomic mass is 79.9. The van der Waals surface area contributed by atoms with Gasteiger partial charge in [-0.2, -0.15) is 0 Å². The molecule has 0 heterocycles. The largest absolute Gasteiger partial charge is 0.327 e. The minimum absolute atomic E-state index is 0.175. The quantitative estimate of drug-likeness (QED) is 0.878. The molecule has 1 aliphatic rings. The lowest BCUT2D eigenvalue weighted by molar-refractivity contribution is 0.477. The van der Waals surface area contributed by atoms with E-state index in [0.717, 1.165) is 22.9 Å². The molecule has 0 aromatic heterocycles. The maximum absolute atomic E-state index is 13.1. The molecule has 0 saturated heterocycles. The smallest absolute Gasteiger partial charge is 0.124 e.